The van der Waals surface area contributed by atoms with Gasteiger partial charge in [-0.3, -0.25) is 9.36 Å². The Bertz CT molecular complexity index is 832. The average molecular weight is 358 g/mol. The fourth-order valence-corrected chi connectivity index (χ4v) is 4.49. The zero-order valence-electron chi connectivity index (χ0n) is 15.2. The Hall–Kier alpha value is -2.08. The number of benzene rings is 1. The zero-order chi connectivity index (χ0) is 18.1. The third-order valence-corrected chi connectivity index (χ3v) is 5.98. The van der Waals surface area contributed by atoms with E-state index in [1.807, 2.05) is 23.1 Å². The third kappa shape index (κ3) is 3.18. The Morgan fingerprint density at radius 3 is 2.73 bits per heavy atom. The van der Waals surface area contributed by atoms with Crippen LogP contribution in [0.2, 0.25) is 0 Å². The largest absolute Gasteiger partial charge is 0.420 e. The number of aromatic nitrogens is 1. The van der Waals surface area contributed by atoms with Crippen LogP contribution in [0.25, 0.3) is 11.1 Å². The lowest BCUT2D eigenvalue weighted by Gasteiger charge is -2.32. The molecule has 1 amide bonds. The maximum absolute atomic E-state index is 13.1. The van der Waals surface area contributed by atoms with Crippen molar-refractivity contribution in [2.75, 3.05) is 13.7 Å². The fourth-order valence-electron chi connectivity index (χ4n) is 4.49. The second-order valence-electron chi connectivity index (χ2n) is 7.48. The van der Waals surface area contributed by atoms with E-state index in [0.29, 0.717) is 18.2 Å². The van der Waals surface area contributed by atoms with Gasteiger partial charge in [-0.15, -0.1) is 0 Å². The first kappa shape index (κ1) is 17.3. The van der Waals surface area contributed by atoms with Crippen molar-refractivity contribution in [3.63, 3.8) is 0 Å². The molecule has 0 unspecified atom stereocenters. The van der Waals surface area contributed by atoms with E-state index in [1.54, 1.807) is 17.7 Å². The number of para-hydroxylation sites is 2. The molecular formula is C20H26N2O4. The first-order valence-corrected chi connectivity index (χ1v) is 9.59. The number of methoxy groups -OCH3 is 1. The Balaban J connectivity index is 1.49. The summed E-state index contributed by atoms with van der Waals surface area (Å²) in [4.78, 5) is 27.3. The molecule has 1 aliphatic carbocycles. The molecule has 0 spiro atoms. The number of fused-ring (bicyclic) bond motifs is 1. The standard InChI is InChI=1S/C20H26N2O4/c1-25-16-10-8-14(9-11-16)19(23)21-12-4-5-15(21)13-22-17-6-2-3-7-18(17)26-20(22)24/h2-3,6-7,14-16H,4-5,8-13H2,1H3/t14?,15-,16?/m1/s1. The summed E-state index contributed by atoms with van der Waals surface area (Å²) >= 11 is 0. The Labute approximate surface area is 152 Å². The summed E-state index contributed by atoms with van der Waals surface area (Å²) < 4.78 is 12.4. The minimum Gasteiger partial charge on any atom is -0.408 e. The molecule has 1 aromatic heterocycles. The minimum atomic E-state index is -0.342. The van der Waals surface area contributed by atoms with E-state index in [4.69, 9.17) is 9.15 Å². The highest BCUT2D eigenvalue weighted by molar-refractivity contribution is 5.79. The van der Waals surface area contributed by atoms with Gasteiger partial charge in [-0.2, -0.15) is 0 Å². The smallest absolute Gasteiger partial charge is 0.408 e. The van der Waals surface area contributed by atoms with E-state index in [9.17, 15) is 9.59 Å². The molecule has 2 heterocycles. The number of hydrogen-bond donors (Lipinski definition) is 0. The molecule has 1 aromatic carbocycles. The van der Waals surface area contributed by atoms with Crippen LogP contribution in [0.1, 0.15) is 38.5 Å². The van der Waals surface area contributed by atoms with Crippen LogP contribution in [0.15, 0.2) is 33.5 Å². The summed E-state index contributed by atoms with van der Waals surface area (Å²) in [5, 5.41) is 0. The molecule has 1 atom stereocenters. The number of amides is 1. The molecule has 26 heavy (non-hydrogen) atoms. The van der Waals surface area contributed by atoms with Crippen molar-refractivity contribution in [1.82, 2.24) is 9.47 Å². The number of ether oxygens (including phenoxy) is 1. The van der Waals surface area contributed by atoms with Gasteiger partial charge >= 0.3 is 5.76 Å². The van der Waals surface area contributed by atoms with E-state index in [2.05, 4.69) is 0 Å². The van der Waals surface area contributed by atoms with Gasteiger partial charge < -0.3 is 14.1 Å². The van der Waals surface area contributed by atoms with E-state index in [-0.39, 0.29) is 23.6 Å². The van der Waals surface area contributed by atoms with E-state index in [1.165, 1.54) is 0 Å². The molecule has 6 nitrogen and oxygen atoms in total. The van der Waals surface area contributed by atoms with Crippen LogP contribution in [0.5, 0.6) is 0 Å². The number of carbonyl (C=O) groups is 1. The summed E-state index contributed by atoms with van der Waals surface area (Å²) in [7, 11) is 1.75. The molecule has 2 aliphatic rings. The quantitative estimate of drug-likeness (QED) is 0.843. The lowest BCUT2D eigenvalue weighted by Crippen LogP contribution is -2.43. The van der Waals surface area contributed by atoms with E-state index < -0.39 is 0 Å². The molecule has 1 aliphatic heterocycles. The monoisotopic (exact) mass is 358 g/mol. The molecule has 0 N–H and O–H groups in total. The zero-order valence-corrected chi connectivity index (χ0v) is 15.2. The molecule has 140 valence electrons. The van der Waals surface area contributed by atoms with Crippen molar-refractivity contribution in [1.29, 1.82) is 0 Å². The number of likely N-dealkylation sites (tertiary alicyclic amines) is 1. The van der Waals surface area contributed by atoms with Gasteiger partial charge in [-0.25, -0.2) is 4.79 Å². The normalized spacial score (nSPS) is 26.5. The van der Waals surface area contributed by atoms with Crippen molar-refractivity contribution in [3.8, 4) is 0 Å². The lowest BCUT2D eigenvalue weighted by molar-refractivity contribution is -0.138. The van der Waals surface area contributed by atoms with Gasteiger partial charge in [0.15, 0.2) is 5.58 Å². The summed E-state index contributed by atoms with van der Waals surface area (Å²) in [5.41, 5.74) is 1.41. The van der Waals surface area contributed by atoms with Crippen LogP contribution in [-0.2, 0) is 16.1 Å². The molecule has 1 saturated heterocycles. The second-order valence-corrected chi connectivity index (χ2v) is 7.48. The average Bonchev–Trinajstić information content (AvgIpc) is 3.26. The summed E-state index contributed by atoms with van der Waals surface area (Å²) in [6, 6.07) is 7.53. The van der Waals surface area contributed by atoms with Crippen molar-refractivity contribution in [3.05, 3.63) is 34.8 Å². The van der Waals surface area contributed by atoms with Crippen LogP contribution in [0.4, 0.5) is 0 Å². The predicted molar refractivity (Wildman–Crippen MR) is 98.0 cm³/mol. The van der Waals surface area contributed by atoms with Crippen LogP contribution in [0, 0.1) is 5.92 Å². The molecule has 0 radical (unpaired) electrons. The topological polar surface area (TPSA) is 64.7 Å². The van der Waals surface area contributed by atoms with Gasteiger partial charge in [0.2, 0.25) is 5.91 Å². The number of rotatable bonds is 4. The summed E-state index contributed by atoms with van der Waals surface area (Å²) in [5.74, 6) is 0.00817. The molecule has 0 bridgehead atoms. The van der Waals surface area contributed by atoms with Crippen molar-refractivity contribution < 1.29 is 13.9 Å². The van der Waals surface area contributed by atoms with Crippen LogP contribution >= 0.6 is 0 Å². The molecule has 1 saturated carbocycles. The van der Waals surface area contributed by atoms with Crippen molar-refractivity contribution in [2.45, 2.75) is 57.2 Å². The predicted octanol–water partition coefficient (Wildman–Crippen LogP) is 2.79. The van der Waals surface area contributed by atoms with Gasteiger partial charge in [0, 0.05) is 32.2 Å². The van der Waals surface area contributed by atoms with Crippen molar-refractivity contribution in [2.24, 2.45) is 5.92 Å². The first-order chi connectivity index (χ1) is 12.7. The van der Waals surface area contributed by atoms with Gasteiger partial charge in [-0.1, -0.05) is 12.1 Å². The SMILES string of the molecule is COC1CCC(C(=O)N2CCC[C@@H]2Cn2c(=O)oc3ccccc32)CC1. The second kappa shape index (κ2) is 7.27. The third-order valence-electron chi connectivity index (χ3n) is 5.98. The minimum absolute atomic E-state index is 0.0707. The first-order valence-electron chi connectivity index (χ1n) is 9.59. The maximum atomic E-state index is 13.1. The van der Waals surface area contributed by atoms with Crippen LogP contribution in [-0.4, -0.2) is 41.2 Å². The number of oxazole rings is 1. The Morgan fingerprint density at radius 2 is 1.96 bits per heavy atom. The highest BCUT2D eigenvalue weighted by Crippen LogP contribution is 2.30. The molecule has 2 fully saturated rings. The highest BCUT2D eigenvalue weighted by atomic mass is 16.5. The van der Waals surface area contributed by atoms with Crippen molar-refractivity contribution >= 4 is 17.0 Å². The number of nitrogens with zero attached hydrogens (tertiary/aromatic N) is 2. The van der Waals surface area contributed by atoms with Gasteiger partial charge in [0.25, 0.3) is 0 Å². The molecule has 6 heteroatoms. The van der Waals surface area contributed by atoms with Crippen LogP contribution < -0.4 is 5.76 Å². The van der Waals surface area contributed by atoms with Gasteiger partial charge in [0.1, 0.15) is 0 Å². The molecular weight excluding hydrogens is 332 g/mol. The lowest BCUT2D eigenvalue weighted by atomic mass is 9.86. The van der Waals surface area contributed by atoms with Gasteiger partial charge in [-0.05, 0) is 50.7 Å². The Kier molecular flexibility index (Phi) is 4.85. The number of hydrogen-bond acceptors (Lipinski definition) is 4. The summed E-state index contributed by atoms with van der Waals surface area (Å²) in [6.07, 6.45) is 5.93. The number of carbonyl (C=O) groups excluding carboxylic acids is 1. The van der Waals surface area contributed by atoms with E-state index >= 15 is 0 Å². The molecule has 2 aromatic rings. The van der Waals surface area contributed by atoms with Crippen LogP contribution in [0.3, 0.4) is 0 Å². The fraction of sp³-hybridized carbons (Fsp3) is 0.600. The summed E-state index contributed by atoms with van der Waals surface area (Å²) in [6.45, 7) is 1.30. The Morgan fingerprint density at radius 1 is 1.19 bits per heavy atom. The highest BCUT2D eigenvalue weighted by Gasteiger charge is 2.35. The molecule has 4 rings (SSSR count). The van der Waals surface area contributed by atoms with Gasteiger partial charge in [0.05, 0.1) is 11.6 Å². The van der Waals surface area contributed by atoms with E-state index in [0.717, 1.165) is 50.6 Å². The maximum Gasteiger partial charge on any atom is 0.420 e.